The average Bonchev–Trinajstić information content (AvgIpc) is 2.44. The Bertz CT molecular complexity index is 387. The van der Waals surface area contributed by atoms with Gasteiger partial charge in [-0.15, -0.1) is 0 Å². The molecule has 74 valence electrons. The zero-order valence-electron chi connectivity index (χ0n) is 8.17. The lowest BCUT2D eigenvalue weighted by Crippen LogP contribution is -2.22. The number of amides is 1. The smallest absolute Gasteiger partial charge is 0.252 e. The maximum absolute atomic E-state index is 11.6. The number of hydrogen-bond acceptors (Lipinski definition) is 1. The molecule has 1 unspecified atom stereocenters. The molecule has 2 nitrogen and oxygen atoms in total. The summed E-state index contributed by atoms with van der Waals surface area (Å²) < 4.78 is 0. The van der Waals surface area contributed by atoms with E-state index in [-0.39, 0.29) is 11.9 Å². The number of hydrogen-bond donors (Lipinski definition) is 1. The van der Waals surface area contributed by atoms with Crippen molar-refractivity contribution in [2.24, 2.45) is 5.92 Å². The SMILES string of the molecule is CC(C)C1NC(=O)c2cc(Cl)ccc21. The van der Waals surface area contributed by atoms with E-state index in [1.807, 2.05) is 12.1 Å². The summed E-state index contributed by atoms with van der Waals surface area (Å²) in [5.41, 5.74) is 1.78. The summed E-state index contributed by atoms with van der Waals surface area (Å²) >= 11 is 5.84. The molecule has 1 aliphatic heterocycles. The summed E-state index contributed by atoms with van der Waals surface area (Å²) in [4.78, 5) is 11.6. The summed E-state index contributed by atoms with van der Waals surface area (Å²) in [5.74, 6) is 0.391. The van der Waals surface area contributed by atoms with Crippen LogP contribution in [0.3, 0.4) is 0 Å². The molecule has 3 heteroatoms. The van der Waals surface area contributed by atoms with E-state index < -0.39 is 0 Å². The molecule has 0 spiro atoms. The van der Waals surface area contributed by atoms with E-state index in [1.165, 1.54) is 0 Å². The molecule has 0 bridgehead atoms. The Morgan fingerprint density at radius 3 is 2.79 bits per heavy atom. The van der Waals surface area contributed by atoms with Crippen molar-refractivity contribution < 1.29 is 4.79 Å². The highest BCUT2D eigenvalue weighted by Gasteiger charge is 2.30. The first kappa shape index (κ1) is 9.53. The molecular formula is C11H12ClNO. The molecule has 2 rings (SSSR count). The van der Waals surface area contributed by atoms with Crippen LogP contribution in [0, 0.1) is 5.92 Å². The fourth-order valence-corrected chi connectivity index (χ4v) is 1.99. The summed E-state index contributed by atoms with van der Waals surface area (Å²) in [6.45, 7) is 4.18. The fourth-order valence-electron chi connectivity index (χ4n) is 1.82. The second kappa shape index (κ2) is 3.28. The third kappa shape index (κ3) is 1.40. The van der Waals surface area contributed by atoms with Gasteiger partial charge in [0.05, 0.1) is 6.04 Å². The molecule has 0 saturated carbocycles. The third-order valence-electron chi connectivity index (χ3n) is 2.55. The molecule has 1 atom stereocenters. The lowest BCUT2D eigenvalue weighted by Gasteiger charge is -2.15. The molecule has 1 aliphatic rings. The molecule has 1 amide bonds. The van der Waals surface area contributed by atoms with Crippen LogP contribution in [0.4, 0.5) is 0 Å². The van der Waals surface area contributed by atoms with Crippen LogP contribution in [-0.2, 0) is 0 Å². The van der Waals surface area contributed by atoms with Gasteiger partial charge < -0.3 is 5.32 Å². The summed E-state index contributed by atoms with van der Waals surface area (Å²) in [5, 5.41) is 3.56. The molecule has 0 radical (unpaired) electrons. The number of rotatable bonds is 1. The first-order valence-electron chi connectivity index (χ1n) is 4.70. The zero-order valence-corrected chi connectivity index (χ0v) is 8.93. The maximum atomic E-state index is 11.6. The van der Waals surface area contributed by atoms with E-state index in [0.29, 0.717) is 10.9 Å². The van der Waals surface area contributed by atoms with E-state index in [0.717, 1.165) is 11.1 Å². The van der Waals surface area contributed by atoms with E-state index >= 15 is 0 Å². The van der Waals surface area contributed by atoms with Crippen molar-refractivity contribution in [3.05, 3.63) is 34.3 Å². The standard InChI is InChI=1S/C11H12ClNO/c1-6(2)10-8-4-3-7(12)5-9(8)11(14)13-10/h3-6,10H,1-2H3,(H,13,14). The molecule has 0 aromatic heterocycles. The Morgan fingerprint density at radius 2 is 2.14 bits per heavy atom. The van der Waals surface area contributed by atoms with Crippen LogP contribution < -0.4 is 5.32 Å². The average molecular weight is 210 g/mol. The van der Waals surface area contributed by atoms with Gasteiger partial charge in [0.1, 0.15) is 0 Å². The highest BCUT2D eigenvalue weighted by atomic mass is 35.5. The van der Waals surface area contributed by atoms with Crippen LogP contribution >= 0.6 is 11.6 Å². The second-order valence-electron chi connectivity index (χ2n) is 3.93. The minimum Gasteiger partial charge on any atom is -0.345 e. The Kier molecular flexibility index (Phi) is 2.23. The van der Waals surface area contributed by atoms with Gasteiger partial charge in [0.2, 0.25) is 0 Å². The van der Waals surface area contributed by atoms with Gasteiger partial charge in [-0.1, -0.05) is 31.5 Å². The van der Waals surface area contributed by atoms with Crippen molar-refractivity contribution >= 4 is 17.5 Å². The van der Waals surface area contributed by atoms with Crippen LogP contribution in [-0.4, -0.2) is 5.91 Å². The molecule has 1 aromatic carbocycles. The van der Waals surface area contributed by atoms with E-state index in [4.69, 9.17) is 11.6 Å². The second-order valence-corrected chi connectivity index (χ2v) is 4.36. The Hall–Kier alpha value is -1.02. The maximum Gasteiger partial charge on any atom is 0.252 e. The topological polar surface area (TPSA) is 29.1 Å². The van der Waals surface area contributed by atoms with Crippen LogP contribution in [0.2, 0.25) is 5.02 Å². The highest BCUT2D eigenvalue weighted by Crippen LogP contribution is 2.32. The minimum atomic E-state index is -0.0128. The van der Waals surface area contributed by atoms with Crippen molar-refractivity contribution in [2.45, 2.75) is 19.9 Å². The zero-order chi connectivity index (χ0) is 10.3. The molecule has 0 aliphatic carbocycles. The number of halogens is 1. The number of carbonyl (C=O) groups excluding carboxylic acids is 1. The minimum absolute atomic E-state index is 0.0128. The normalized spacial score (nSPS) is 19.7. The van der Waals surface area contributed by atoms with Crippen LogP contribution in [0.1, 0.15) is 35.8 Å². The van der Waals surface area contributed by atoms with Crippen molar-refractivity contribution in [3.63, 3.8) is 0 Å². The number of nitrogens with one attached hydrogen (secondary N) is 1. The highest BCUT2D eigenvalue weighted by molar-refractivity contribution is 6.31. The number of carbonyl (C=O) groups is 1. The van der Waals surface area contributed by atoms with Crippen molar-refractivity contribution in [2.75, 3.05) is 0 Å². The van der Waals surface area contributed by atoms with E-state index in [9.17, 15) is 4.79 Å². The van der Waals surface area contributed by atoms with Gasteiger partial charge in [0.15, 0.2) is 0 Å². The third-order valence-corrected chi connectivity index (χ3v) is 2.78. The molecule has 0 fully saturated rings. The lowest BCUT2D eigenvalue weighted by molar-refractivity contribution is 0.0949. The molecular weight excluding hydrogens is 198 g/mol. The van der Waals surface area contributed by atoms with Crippen LogP contribution in [0.5, 0.6) is 0 Å². The molecule has 1 N–H and O–H groups in total. The predicted octanol–water partition coefficient (Wildman–Crippen LogP) is 2.78. The first-order valence-corrected chi connectivity index (χ1v) is 5.07. The van der Waals surface area contributed by atoms with Gasteiger partial charge in [-0.05, 0) is 23.6 Å². The van der Waals surface area contributed by atoms with Crippen molar-refractivity contribution in [3.8, 4) is 0 Å². The van der Waals surface area contributed by atoms with Crippen LogP contribution in [0.15, 0.2) is 18.2 Å². The monoisotopic (exact) mass is 209 g/mol. The van der Waals surface area contributed by atoms with Crippen molar-refractivity contribution in [1.29, 1.82) is 0 Å². The molecule has 0 saturated heterocycles. The molecule has 1 aromatic rings. The Labute approximate surface area is 88.3 Å². The Balaban J connectivity index is 2.50. The van der Waals surface area contributed by atoms with Gasteiger partial charge in [0, 0.05) is 10.6 Å². The molecule has 1 heterocycles. The van der Waals surface area contributed by atoms with Gasteiger partial charge >= 0.3 is 0 Å². The van der Waals surface area contributed by atoms with Gasteiger partial charge in [-0.2, -0.15) is 0 Å². The number of benzene rings is 1. The predicted molar refractivity (Wildman–Crippen MR) is 56.5 cm³/mol. The fraction of sp³-hybridized carbons (Fsp3) is 0.364. The van der Waals surface area contributed by atoms with Gasteiger partial charge in [-0.25, -0.2) is 0 Å². The van der Waals surface area contributed by atoms with E-state index in [2.05, 4.69) is 19.2 Å². The summed E-state index contributed by atoms with van der Waals surface area (Å²) in [7, 11) is 0. The van der Waals surface area contributed by atoms with Gasteiger partial charge in [0.25, 0.3) is 5.91 Å². The number of fused-ring (bicyclic) bond motifs is 1. The van der Waals surface area contributed by atoms with E-state index in [1.54, 1.807) is 6.07 Å². The Morgan fingerprint density at radius 1 is 1.43 bits per heavy atom. The molecule has 14 heavy (non-hydrogen) atoms. The quantitative estimate of drug-likeness (QED) is 0.757. The largest absolute Gasteiger partial charge is 0.345 e. The lowest BCUT2D eigenvalue weighted by atomic mass is 9.96. The summed E-state index contributed by atoms with van der Waals surface area (Å²) in [6.07, 6.45) is 0. The first-order chi connectivity index (χ1) is 6.59. The van der Waals surface area contributed by atoms with Gasteiger partial charge in [-0.3, -0.25) is 4.79 Å². The summed E-state index contributed by atoms with van der Waals surface area (Å²) in [6, 6.07) is 5.62. The van der Waals surface area contributed by atoms with Crippen LogP contribution in [0.25, 0.3) is 0 Å². The van der Waals surface area contributed by atoms with Crippen molar-refractivity contribution in [1.82, 2.24) is 5.32 Å².